The van der Waals surface area contributed by atoms with Crippen molar-refractivity contribution in [2.75, 3.05) is 7.11 Å². The van der Waals surface area contributed by atoms with Crippen LogP contribution >= 0.6 is 11.3 Å². The monoisotopic (exact) mass is 247 g/mol. The first kappa shape index (κ1) is 12.1. The molecule has 0 aliphatic heterocycles. The van der Waals surface area contributed by atoms with Crippen molar-refractivity contribution in [1.29, 1.82) is 0 Å². The van der Waals surface area contributed by atoms with Crippen LogP contribution in [-0.2, 0) is 6.42 Å². The third-order valence-electron chi connectivity index (χ3n) is 2.67. The van der Waals surface area contributed by atoms with E-state index in [9.17, 15) is 0 Å². The Labute approximate surface area is 106 Å². The molecule has 17 heavy (non-hydrogen) atoms. The average Bonchev–Trinajstić information content (AvgIpc) is 2.78. The minimum Gasteiger partial charge on any atom is -0.496 e. The lowest BCUT2D eigenvalue weighted by molar-refractivity contribution is 0.410. The van der Waals surface area contributed by atoms with Gasteiger partial charge in [-0.05, 0) is 12.0 Å². The average molecular weight is 247 g/mol. The van der Waals surface area contributed by atoms with Crippen LogP contribution in [0.1, 0.15) is 35.2 Å². The highest BCUT2D eigenvalue weighted by atomic mass is 32.1. The molecule has 0 atom stereocenters. The number of para-hydroxylation sites is 1. The first-order valence-electron chi connectivity index (χ1n) is 5.77. The number of ether oxygens (including phenoxy) is 1. The standard InChI is InChI=1S/C14H17NOS/c1-10(2)13-9-15-14(17-13)8-11-6-4-5-7-12(11)16-3/h4-7,9-10H,8H2,1-3H3. The van der Waals surface area contributed by atoms with Gasteiger partial charge in [-0.3, -0.25) is 0 Å². The topological polar surface area (TPSA) is 22.1 Å². The summed E-state index contributed by atoms with van der Waals surface area (Å²) in [5.74, 6) is 1.49. The number of benzene rings is 1. The number of aromatic nitrogens is 1. The van der Waals surface area contributed by atoms with Gasteiger partial charge in [0.15, 0.2) is 0 Å². The van der Waals surface area contributed by atoms with Crippen LogP contribution in [0.15, 0.2) is 30.5 Å². The lowest BCUT2D eigenvalue weighted by Gasteiger charge is -2.05. The Morgan fingerprint density at radius 2 is 2.06 bits per heavy atom. The predicted molar refractivity (Wildman–Crippen MR) is 72.0 cm³/mol. The Kier molecular flexibility index (Phi) is 3.79. The van der Waals surface area contributed by atoms with Gasteiger partial charge in [-0.1, -0.05) is 32.0 Å². The summed E-state index contributed by atoms with van der Waals surface area (Å²) in [7, 11) is 1.71. The van der Waals surface area contributed by atoms with Gasteiger partial charge in [-0.25, -0.2) is 4.98 Å². The maximum absolute atomic E-state index is 5.35. The second kappa shape index (κ2) is 5.32. The molecule has 1 heterocycles. The molecule has 0 unspecified atom stereocenters. The number of thiazole rings is 1. The fourth-order valence-electron chi connectivity index (χ4n) is 1.68. The van der Waals surface area contributed by atoms with E-state index in [0.717, 1.165) is 17.2 Å². The molecule has 0 aliphatic rings. The maximum atomic E-state index is 5.35. The second-order valence-corrected chi connectivity index (χ2v) is 5.45. The number of hydrogen-bond donors (Lipinski definition) is 0. The minimum absolute atomic E-state index is 0.555. The van der Waals surface area contributed by atoms with Gasteiger partial charge in [0.05, 0.1) is 12.1 Å². The molecule has 0 aliphatic carbocycles. The summed E-state index contributed by atoms with van der Waals surface area (Å²) in [5.41, 5.74) is 1.19. The van der Waals surface area contributed by atoms with E-state index >= 15 is 0 Å². The molecule has 0 radical (unpaired) electrons. The number of nitrogens with zero attached hydrogens (tertiary/aromatic N) is 1. The van der Waals surface area contributed by atoms with E-state index in [-0.39, 0.29) is 0 Å². The van der Waals surface area contributed by atoms with Gasteiger partial charge in [0.1, 0.15) is 5.75 Å². The lowest BCUT2D eigenvalue weighted by Crippen LogP contribution is -1.92. The van der Waals surface area contributed by atoms with Crippen molar-refractivity contribution in [3.8, 4) is 5.75 Å². The minimum atomic E-state index is 0.555. The predicted octanol–water partition coefficient (Wildman–Crippen LogP) is 3.87. The van der Waals surface area contributed by atoms with Gasteiger partial charge < -0.3 is 4.74 Å². The van der Waals surface area contributed by atoms with Gasteiger partial charge in [-0.15, -0.1) is 11.3 Å². The van der Waals surface area contributed by atoms with Crippen LogP contribution in [0.25, 0.3) is 0 Å². The summed E-state index contributed by atoms with van der Waals surface area (Å²) < 4.78 is 5.35. The van der Waals surface area contributed by atoms with Gasteiger partial charge in [0, 0.05) is 23.1 Å². The Hall–Kier alpha value is -1.35. The molecule has 2 aromatic rings. The normalized spacial score (nSPS) is 10.8. The Morgan fingerprint density at radius 1 is 1.29 bits per heavy atom. The van der Waals surface area contributed by atoms with Crippen molar-refractivity contribution in [2.24, 2.45) is 0 Å². The van der Waals surface area contributed by atoms with Crippen molar-refractivity contribution in [3.05, 3.63) is 45.9 Å². The van der Waals surface area contributed by atoms with Crippen LogP contribution in [0, 0.1) is 0 Å². The van der Waals surface area contributed by atoms with Crippen LogP contribution in [0.3, 0.4) is 0 Å². The van der Waals surface area contributed by atoms with Crippen molar-refractivity contribution in [2.45, 2.75) is 26.2 Å². The van der Waals surface area contributed by atoms with E-state index in [1.807, 2.05) is 24.4 Å². The van der Waals surface area contributed by atoms with Crippen LogP contribution < -0.4 is 4.74 Å². The van der Waals surface area contributed by atoms with Gasteiger partial charge in [0.2, 0.25) is 0 Å². The van der Waals surface area contributed by atoms with Crippen molar-refractivity contribution >= 4 is 11.3 Å². The highest BCUT2D eigenvalue weighted by Crippen LogP contribution is 2.26. The molecule has 1 aromatic heterocycles. The first-order chi connectivity index (χ1) is 8.20. The molecular weight excluding hydrogens is 230 g/mol. The molecule has 90 valence electrons. The zero-order valence-electron chi connectivity index (χ0n) is 10.4. The summed E-state index contributed by atoms with van der Waals surface area (Å²) in [5, 5.41) is 1.15. The molecule has 2 rings (SSSR count). The summed E-state index contributed by atoms with van der Waals surface area (Å²) in [6, 6.07) is 8.11. The van der Waals surface area contributed by atoms with E-state index in [2.05, 4.69) is 24.9 Å². The van der Waals surface area contributed by atoms with Crippen LogP contribution in [-0.4, -0.2) is 12.1 Å². The molecule has 0 saturated heterocycles. The van der Waals surface area contributed by atoms with Crippen LogP contribution in [0.2, 0.25) is 0 Å². The fourth-order valence-corrected chi connectivity index (χ4v) is 2.63. The Morgan fingerprint density at radius 3 is 2.71 bits per heavy atom. The highest BCUT2D eigenvalue weighted by molar-refractivity contribution is 7.11. The second-order valence-electron chi connectivity index (χ2n) is 4.30. The summed E-state index contributed by atoms with van der Waals surface area (Å²) in [6.45, 7) is 4.39. The SMILES string of the molecule is COc1ccccc1Cc1ncc(C(C)C)s1. The van der Waals surface area contributed by atoms with Crippen molar-refractivity contribution < 1.29 is 4.74 Å². The molecule has 0 saturated carbocycles. The van der Waals surface area contributed by atoms with E-state index in [1.165, 1.54) is 10.4 Å². The molecule has 0 spiro atoms. The number of methoxy groups -OCH3 is 1. The fraction of sp³-hybridized carbons (Fsp3) is 0.357. The first-order valence-corrected chi connectivity index (χ1v) is 6.59. The molecule has 0 fully saturated rings. The molecule has 0 N–H and O–H groups in total. The van der Waals surface area contributed by atoms with Gasteiger partial charge in [0.25, 0.3) is 0 Å². The maximum Gasteiger partial charge on any atom is 0.122 e. The van der Waals surface area contributed by atoms with E-state index < -0.39 is 0 Å². The summed E-state index contributed by atoms with van der Waals surface area (Å²) in [4.78, 5) is 5.81. The highest BCUT2D eigenvalue weighted by Gasteiger charge is 2.08. The molecule has 0 amide bonds. The van der Waals surface area contributed by atoms with Gasteiger partial charge in [-0.2, -0.15) is 0 Å². The number of hydrogen-bond acceptors (Lipinski definition) is 3. The molecule has 0 bridgehead atoms. The summed E-state index contributed by atoms with van der Waals surface area (Å²) in [6.07, 6.45) is 2.83. The van der Waals surface area contributed by atoms with Crippen LogP contribution in [0.5, 0.6) is 5.75 Å². The summed E-state index contributed by atoms with van der Waals surface area (Å²) >= 11 is 1.79. The van der Waals surface area contributed by atoms with Crippen molar-refractivity contribution in [1.82, 2.24) is 4.98 Å². The largest absolute Gasteiger partial charge is 0.496 e. The van der Waals surface area contributed by atoms with E-state index in [0.29, 0.717) is 5.92 Å². The van der Waals surface area contributed by atoms with Crippen molar-refractivity contribution in [3.63, 3.8) is 0 Å². The third-order valence-corrected chi connectivity index (χ3v) is 3.97. The van der Waals surface area contributed by atoms with Gasteiger partial charge >= 0.3 is 0 Å². The smallest absolute Gasteiger partial charge is 0.122 e. The Balaban J connectivity index is 2.19. The molecule has 1 aromatic carbocycles. The molecule has 3 heteroatoms. The number of rotatable bonds is 4. The Bertz CT molecular complexity index is 490. The quantitative estimate of drug-likeness (QED) is 0.818. The van der Waals surface area contributed by atoms with E-state index in [4.69, 9.17) is 4.74 Å². The zero-order valence-corrected chi connectivity index (χ0v) is 11.3. The zero-order chi connectivity index (χ0) is 12.3. The molecular formula is C14H17NOS. The van der Waals surface area contributed by atoms with E-state index in [1.54, 1.807) is 18.4 Å². The lowest BCUT2D eigenvalue weighted by atomic mass is 10.1. The molecule has 2 nitrogen and oxygen atoms in total. The third kappa shape index (κ3) is 2.86. The van der Waals surface area contributed by atoms with Crippen LogP contribution in [0.4, 0.5) is 0 Å².